The average Bonchev–Trinajstić information content (AvgIpc) is 2.82. The molecule has 32 heavy (non-hydrogen) atoms. The number of aromatic nitrogens is 2. The molecule has 0 saturated heterocycles. The van der Waals surface area contributed by atoms with Gasteiger partial charge < -0.3 is 0 Å². The van der Waals surface area contributed by atoms with E-state index in [2.05, 4.69) is 50.2 Å². The quantitative estimate of drug-likeness (QED) is 0.334. The number of thioether (sulfide) groups is 1. The van der Waals surface area contributed by atoms with Gasteiger partial charge in [0.1, 0.15) is 0 Å². The van der Waals surface area contributed by atoms with Crippen LogP contribution in [0.3, 0.4) is 0 Å². The summed E-state index contributed by atoms with van der Waals surface area (Å²) in [6.07, 6.45) is 7.21. The third-order valence-corrected chi connectivity index (χ3v) is 8.36. The van der Waals surface area contributed by atoms with Crippen molar-refractivity contribution in [3.05, 3.63) is 81.6 Å². The van der Waals surface area contributed by atoms with Crippen molar-refractivity contribution in [2.24, 2.45) is 5.92 Å². The van der Waals surface area contributed by atoms with E-state index in [-0.39, 0.29) is 11.0 Å². The number of rotatable bonds is 5. The Labute approximate surface area is 195 Å². The topological polar surface area (TPSA) is 34.9 Å². The third kappa shape index (κ3) is 3.73. The molecule has 1 aromatic heterocycles. The van der Waals surface area contributed by atoms with Gasteiger partial charge in [-0.05, 0) is 42.1 Å². The van der Waals surface area contributed by atoms with Crippen molar-refractivity contribution in [1.82, 2.24) is 9.55 Å². The number of fused-ring (bicyclic) bond motifs is 3. The summed E-state index contributed by atoms with van der Waals surface area (Å²) < 4.78 is 1.94. The van der Waals surface area contributed by atoms with Crippen LogP contribution in [0.1, 0.15) is 62.6 Å². The second-order valence-corrected chi connectivity index (χ2v) is 10.7. The summed E-state index contributed by atoms with van der Waals surface area (Å²) in [5, 5.41) is 0.836. The lowest BCUT2D eigenvalue weighted by Crippen LogP contribution is -2.45. The van der Waals surface area contributed by atoms with Crippen LogP contribution in [-0.4, -0.2) is 15.3 Å². The first kappa shape index (κ1) is 21.5. The van der Waals surface area contributed by atoms with E-state index in [0.29, 0.717) is 12.5 Å². The van der Waals surface area contributed by atoms with Crippen LogP contribution in [0.15, 0.2) is 64.5 Å². The third-order valence-electron chi connectivity index (χ3n) is 7.50. The summed E-state index contributed by atoms with van der Waals surface area (Å²) in [6.45, 7) is 5.05. The first-order chi connectivity index (χ1) is 15.6. The summed E-state index contributed by atoms with van der Waals surface area (Å²) in [6, 6.07) is 18.9. The van der Waals surface area contributed by atoms with E-state index in [4.69, 9.17) is 4.98 Å². The fourth-order valence-electron chi connectivity index (χ4n) is 5.87. The predicted octanol–water partition coefficient (Wildman–Crippen LogP) is 6.46. The molecule has 2 aliphatic carbocycles. The highest BCUT2D eigenvalue weighted by molar-refractivity contribution is 7.99. The lowest BCUT2D eigenvalue weighted by Gasteiger charge is -2.44. The van der Waals surface area contributed by atoms with Crippen molar-refractivity contribution in [1.29, 1.82) is 0 Å². The van der Waals surface area contributed by atoms with E-state index in [1.54, 1.807) is 11.8 Å². The lowest BCUT2D eigenvalue weighted by atomic mass is 9.60. The Hall–Kier alpha value is -2.33. The summed E-state index contributed by atoms with van der Waals surface area (Å²) in [5.41, 5.74) is 5.53. The maximum atomic E-state index is 14.3. The van der Waals surface area contributed by atoms with Crippen LogP contribution >= 0.6 is 11.8 Å². The van der Waals surface area contributed by atoms with Crippen LogP contribution in [0, 0.1) is 5.92 Å². The van der Waals surface area contributed by atoms with Crippen molar-refractivity contribution in [2.75, 3.05) is 5.75 Å². The number of benzene rings is 2. The molecule has 0 spiro atoms. The standard InChI is InChI=1S/C28H32N2OS/c1-3-32-27-29-25-23-17-11-10-14-21(23)18-28(2,22-15-8-5-9-16-22)24(25)26(31)30(27)19-20-12-6-4-7-13-20/h4,6-7,10-14,17,22H,3,5,8-9,15-16,18-19H2,1-2H3. The first-order valence-corrected chi connectivity index (χ1v) is 13.0. The monoisotopic (exact) mass is 444 g/mol. The van der Waals surface area contributed by atoms with Crippen molar-refractivity contribution in [3.8, 4) is 11.3 Å². The van der Waals surface area contributed by atoms with Crippen LogP contribution in [0.4, 0.5) is 0 Å². The molecule has 3 nitrogen and oxygen atoms in total. The predicted molar refractivity (Wildman–Crippen MR) is 134 cm³/mol. The first-order valence-electron chi connectivity index (χ1n) is 12.0. The van der Waals surface area contributed by atoms with Gasteiger partial charge in [0.05, 0.1) is 17.8 Å². The van der Waals surface area contributed by atoms with Gasteiger partial charge in [0.15, 0.2) is 5.16 Å². The van der Waals surface area contributed by atoms with Gasteiger partial charge in [0, 0.05) is 11.0 Å². The fraction of sp³-hybridized carbons (Fsp3) is 0.429. The second-order valence-electron chi connectivity index (χ2n) is 9.51. The molecule has 0 N–H and O–H groups in total. The zero-order valence-electron chi connectivity index (χ0n) is 19.1. The van der Waals surface area contributed by atoms with Crippen LogP contribution < -0.4 is 5.56 Å². The highest BCUT2D eigenvalue weighted by atomic mass is 32.2. The summed E-state index contributed by atoms with van der Waals surface area (Å²) in [4.78, 5) is 19.5. The Bertz CT molecular complexity index is 1160. The highest BCUT2D eigenvalue weighted by Gasteiger charge is 2.44. The lowest BCUT2D eigenvalue weighted by molar-refractivity contribution is 0.212. The SMILES string of the molecule is CCSc1nc2c(c(=O)n1Cc1ccccc1)C(C)(C1CCCCC1)Cc1ccccc1-2. The Morgan fingerprint density at radius 3 is 2.50 bits per heavy atom. The van der Waals surface area contributed by atoms with E-state index in [1.165, 1.54) is 37.7 Å². The van der Waals surface area contributed by atoms with Crippen LogP contribution in [0.2, 0.25) is 0 Å². The number of hydrogen-bond acceptors (Lipinski definition) is 3. The molecule has 166 valence electrons. The van der Waals surface area contributed by atoms with Crippen LogP contribution in [0.25, 0.3) is 11.3 Å². The van der Waals surface area contributed by atoms with E-state index in [0.717, 1.165) is 39.7 Å². The molecule has 3 aromatic rings. The molecule has 5 rings (SSSR count). The van der Waals surface area contributed by atoms with Crippen LogP contribution in [0.5, 0.6) is 0 Å². The zero-order chi connectivity index (χ0) is 22.1. The average molecular weight is 445 g/mol. The maximum absolute atomic E-state index is 14.3. The fourth-order valence-corrected chi connectivity index (χ4v) is 6.58. The maximum Gasteiger partial charge on any atom is 0.258 e. The van der Waals surface area contributed by atoms with Crippen molar-refractivity contribution in [3.63, 3.8) is 0 Å². The Morgan fingerprint density at radius 1 is 1.03 bits per heavy atom. The van der Waals surface area contributed by atoms with Gasteiger partial charge in [0.2, 0.25) is 0 Å². The van der Waals surface area contributed by atoms with Gasteiger partial charge in [-0.15, -0.1) is 0 Å². The van der Waals surface area contributed by atoms with E-state index in [1.807, 2.05) is 22.8 Å². The van der Waals surface area contributed by atoms with Gasteiger partial charge in [-0.1, -0.05) is 99.5 Å². The van der Waals surface area contributed by atoms with Crippen molar-refractivity contribution < 1.29 is 0 Å². The molecular formula is C28H32N2OS. The normalized spacial score (nSPS) is 20.6. The van der Waals surface area contributed by atoms with E-state index < -0.39 is 0 Å². The largest absolute Gasteiger partial charge is 0.283 e. The molecule has 2 aliphatic rings. The molecule has 0 radical (unpaired) electrons. The summed E-state index contributed by atoms with van der Waals surface area (Å²) in [7, 11) is 0. The number of nitrogens with zero attached hydrogens (tertiary/aromatic N) is 2. The minimum atomic E-state index is -0.165. The van der Waals surface area contributed by atoms with Gasteiger partial charge in [-0.25, -0.2) is 4.98 Å². The molecule has 1 saturated carbocycles. The Balaban J connectivity index is 1.74. The Kier molecular flexibility index (Phi) is 5.98. The summed E-state index contributed by atoms with van der Waals surface area (Å²) >= 11 is 1.67. The smallest absolute Gasteiger partial charge is 0.258 e. The molecule has 0 amide bonds. The van der Waals surface area contributed by atoms with Crippen molar-refractivity contribution >= 4 is 11.8 Å². The van der Waals surface area contributed by atoms with Gasteiger partial charge in [-0.2, -0.15) is 0 Å². The summed E-state index contributed by atoms with van der Waals surface area (Å²) in [5.74, 6) is 1.43. The van der Waals surface area contributed by atoms with E-state index in [9.17, 15) is 4.79 Å². The molecule has 0 aliphatic heterocycles. The number of hydrogen-bond donors (Lipinski definition) is 0. The Morgan fingerprint density at radius 2 is 1.75 bits per heavy atom. The molecule has 1 atom stereocenters. The minimum absolute atomic E-state index is 0.164. The molecule has 2 aromatic carbocycles. The molecule has 0 bridgehead atoms. The van der Waals surface area contributed by atoms with Crippen molar-refractivity contribution in [2.45, 2.75) is 69.5 Å². The molecule has 1 heterocycles. The zero-order valence-corrected chi connectivity index (χ0v) is 20.0. The second kappa shape index (κ2) is 8.90. The molecule has 1 unspecified atom stereocenters. The molecule has 1 fully saturated rings. The van der Waals surface area contributed by atoms with E-state index >= 15 is 0 Å². The molecular weight excluding hydrogens is 412 g/mol. The molecule has 4 heteroatoms. The van der Waals surface area contributed by atoms with Crippen LogP contribution in [-0.2, 0) is 18.4 Å². The van der Waals surface area contributed by atoms with Gasteiger partial charge in [-0.3, -0.25) is 9.36 Å². The minimum Gasteiger partial charge on any atom is -0.283 e. The highest BCUT2D eigenvalue weighted by Crippen LogP contribution is 2.49. The van der Waals surface area contributed by atoms with Gasteiger partial charge in [0.25, 0.3) is 5.56 Å². The van der Waals surface area contributed by atoms with Gasteiger partial charge >= 0.3 is 0 Å².